The highest BCUT2D eigenvalue weighted by Gasteiger charge is 2.27. The zero-order chi connectivity index (χ0) is 22.8. The molecule has 0 saturated heterocycles. The van der Waals surface area contributed by atoms with Crippen molar-refractivity contribution in [2.24, 2.45) is 0 Å². The third-order valence-electron chi connectivity index (χ3n) is 4.93. The van der Waals surface area contributed by atoms with Crippen molar-refractivity contribution in [1.29, 1.82) is 0 Å². The van der Waals surface area contributed by atoms with Gasteiger partial charge in [-0.05, 0) is 69.2 Å². The number of rotatable bonds is 6. The van der Waals surface area contributed by atoms with Crippen LogP contribution in [0.3, 0.4) is 0 Å². The summed E-state index contributed by atoms with van der Waals surface area (Å²) in [5, 5.41) is 2.90. The highest BCUT2D eigenvalue weighted by atomic mass is 79.9. The minimum Gasteiger partial charge on any atom is -0.324 e. The van der Waals surface area contributed by atoms with Crippen LogP contribution in [0.1, 0.15) is 22.3 Å². The fourth-order valence-electron chi connectivity index (χ4n) is 3.47. The van der Waals surface area contributed by atoms with E-state index in [0.29, 0.717) is 11.4 Å². The summed E-state index contributed by atoms with van der Waals surface area (Å²) in [5.74, 6) is -0.411. The Hall–Kier alpha value is -2.64. The van der Waals surface area contributed by atoms with Gasteiger partial charge in [-0.1, -0.05) is 57.4 Å². The number of nitrogens with one attached hydrogen (secondary N) is 1. The molecule has 0 aliphatic carbocycles. The molecule has 31 heavy (non-hydrogen) atoms. The molecule has 3 aromatic rings. The van der Waals surface area contributed by atoms with Gasteiger partial charge in [0.05, 0.1) is 10.6 Å². The Morgan fingerprint density at radius 2 is 1.52 bits per heavy atom. The average molecular weight is 501 g/mol. The molecular weight excluding hydrogens is 476 g/mol. The van der Waals surface area contributed by atoms with Crippen LogP contribution in [0.5, 0.6) is 0 Å². The predicted octanol–water partition coefficient (Wildman–Crippen LogP) is 5.52. The Labute approximate surface area is 192 Å². The van der Waals surface area contributed by atoms with Crippen molar-refractivity contribution in [3.8, 4) is 0 Å². The monoisotopic (exact) mass is 500 g/mol. The number of carbonyl (C=O) groups is 1. The van der Waals surface area contributed by atoms with Crippen molar-refractivity contribution in [3.05, 3.63) is 87.4 Å². The summed E-state index contributed by atoms with van der Waals surface area (Å²) >= 11 is 3.39. The molecule has 0 heterocycles. The number of sulfonamides is 1. The summed E-state index contributed by atoms with van der Waals surface area (Å²) < 4.78 is 28.8. The van der Waals surface area contributed by atoms with Crippen LogP contribution < -0.4 is 9.62 Å². The standard InChI is InChI=1S/C24H25BrN2O3S/c1-16-8-10-22(11-9-16)31(29,30)27(21-7-5-6-20(25)14-21)15-23(28)26-24-18(3)12-17(2)13-19(24)4/h5-14H,15H2,1-4H3,(H,26,28). The molecule has 0 aliphatic rings. The molecule has 0 spiro atoms. The minimum atomic E-state index is -3.95. The molecular formula is C24H25BrN2O3S. The summed E-state index contributed by atoms with van der Waals surface area (Å²) in [6.45, 7) is 7.38. The molecule has 1 N–H and O–H groups in total. The fourth-order valence-corrected chi connectivity index (χ4v) is 5.27. The van der Waals surface area contributed by atoms with E-state index in [2.05, 4.69) is 21.2 Å². The Morgan fingerprint density at radius 1 is 0.903 bits per heavy atom. The molecule has 3 rings (SSSR count). The summed E-state index contributed by atoms with van der Waals surface area (Å²) in [6, 6.07) is 17.5. The first-order valence-corrected chi connectivity index (χ1v) is 12.0. The Kier molecular flexibility index (Phi) is 6.86. The van der Waals surface area contributed by atoms with Gasteiger partial charge in [-0.2, -0.15) is 0 Å². The van der Waals surface area contributed by atoms with E-state index in [4.69, 9.17) is 0 Å². The second kappa shape index (κ2) is 9.24. The summed E-state index contributed by atoms with van der Waals surface area (Å²) in [6.07, 6.45) is 0. The normalized spacial score (nSPS) is 11.3. The highest BCUT2D eigenvalue weighted by Crippen LogP contribution is 2.27. The highest BCUT2D eigenvalue weighted by molar-refractivity contribution is 9.10. The van der Waals surface area contributed by atoms with Gasteiger partial charge in [-0.3, -0.25) is 9.10 Å². The molecule has 0 radical (unpaired) electrons. The van der Waals surface area contributed by atoms with E-state index in [1.807, 2.05) is 39.8 Å². The van der Waals surface area contributed by atoms with Crippen LogP contribution in [-0.4, -0.2) is 20.9 Å². The van der Waals surface area contributed by atoms with Crippen LogP contribution in [-0.2, 0) is 14.8 Å². The summed E-state index contributed by atoms with van der Waals surface area (Å²) in [7, 11) is -3.95. The van der Waals surface area contributed by atoms with E-state index in [9.17, 15) is 13.2 Å². The second-order valence-corrected chi connectivity index (χ2v) is 10.4. The molecule has 0 unspecified atom stereocenters. The quantitative estimate of drug-likeness (QED) is 0.484. The van der Waals surface area contributed by atoms with Crippen molar-refractivity contribution in [2.45, 2.75) is 32.6 Å². The molecule has 0 aliphatic heterocycles. The first kappa shape index (κ1) is 23.0. The van der Waals surface area contributed by atoms with Gasteiger partial charge in [0.15, 0.2) is 0 Å². The summed E-state index contributed by atoms with van der Waals surface area (Å²) in [4.78, 5) is 13.1. The van der Waals surface area contributed by atoms with E-state index in [1.54, 1.807) is 48.5 Å². The van der Waals surface area contributed by atoms with Crippen LogP contribution in [0.4, 0.5) is 11.4 Å². The van der Waals surface area contributed by atoms with Crippen molar-refractivity contribution in [1.82, 2.24) is 0 Å². The lowest BCUT2D eigenvalue weighted by molar-refractivity contribution is -0.114. The third kappa shape index (κ3) is 5.35. The molecule has 0 fully saturated rings. The SMILES string of the molecule is Cc1ccc(S(=O)(=O)N(CC(=O)Nc2c(C)cc(C)cc2C)c2cccc(Br)c2)cc1. The van der Waals surface area contributed by atoms with Gasteiger partial charge >= 0.3 is 0 Å². The first-order valence-electron chi connectivity index (χ1n) is 9.80. The summed E-state index contributed by atoms with van der Waals surface area (Å²) in [5.41, 5.74) is 5.03. The Balaban J connectivity index is 1.98. The number of hydrogen-bond acceptors (Lipinski definition) is 3. The van der Waals surface area contributed by atoms with Gasteiger partial charge < -0.3 is 5.32 Å². The minimum absolute atomic E-state index is 0.133. The number of nitrogens with zero attached hydrogens (tertiary/aromatic N) is 1. The molecule has 0 aromatic heterocycles. The van der Waals surface area contributed by atoms with Crippen LogP contribution in [0.25, 0.3) is 0 Å². The van der Waals surface area contributed by atoms with Crippen LogP contribution in [0, 0.1) is 27.7 Å². The van der Waals surface area contributed by atoms with E-state index in [-0.39, 0.29) is 11.4 Å². The molecule has 0 bridgehead atoms. The largest absolute Gasteiger partial charge is 0.324 e. The Morgan fingerprint density at radius 3 is 2.10 bits per heavy atom. The van der Waals surface area contributed by atoms with Gasteiger partial charge in [0.25, 0.3) is 10.0 Å². The topological polar surface area (TPSA) is 66.5 Å². The van der Waals surface area contributed by atoms with Crippen molar-refractivity contribution in [3.63, 3.8) is 0 Å². The molecule has 1 amide bonds. The number of halogens is 1. The number of benzene rings is 3. The molecule has 0 atom stereocenters. The van der Waals surface area contributed by atoms with Gasteiger partial charge in [0.1, 0.15) is 6.54 Å². The van der Waals surface area contributed by atoms with Gasteiger partial charge in [-0.25, -0.2) is 8.42 Å². The van der Waals surface area contributed by atoms with Crippen molar-refractivity contribution < 1.29 is 13.2 Å². The molecule has 0 saturated carbocycles. The maximum atomic E-state index is 13.5. The first-order chi connectivity index (χ1) is 14.6. The predicted molar refractivity (Wildman–Crippen MR) is 129 cm³/mol. The van der Waals surface area contributed by atoms with Crippen molar-refractivity contribution in [2.75, 3.05) is 16.2 Å². The van der Waals surface area contributed by atoms with Gasteiger partial charge in [0, 0.05) is 10.2 Å². The average Bonchev–Trinajstić information content (AvgIpc) is 2.69. The molecule has 162 valence electrons. The van der Waals surface area contributed by atoms with Crippen molar-refractivity contribution >= 4 is 43.2 Å². The maximum absolute atomic E-state index is 13.5. The fraction of sp³-hybridized carbons (Fsp3) is 0.208. The van der Waals surface area contributed by atoms with E-state index in [0.717, 1.165) is 31.0 Å². The lowest BCUT2D eigenvalue weighted by atomic mass is 10.1. The maximum Gasteiger partial charge on any atom is 0.264 e. The lowest BCUT2D eigenvalue weighted by Gasteiger charge is -2.25. The second-order valence-electron chi connectivity index (χ2n) is 7.63. The lowest BCUT2D eigenvalue weighted by Crippen LogP contribution is -2.38. The zero-order valence-electron chi connectivity index (χ0n) is 17.9. The smallest absolute Gasteiger partial charge is 0.264 e. The molecule has 5 nitrogen and oxygen atoms in total. The Bertz CT molecular complexity index is 1200. The number of carbonyl (C=O) groups excluding carboxylic acids is 1. The zero-order valence-corrected chi connectivity index (χ0v) is 20.3. The molecule has 3 aromatic carbocycles. The van der Waals surface area contributed by atoms with Crippen LogP contribution in [0.15, 0.2) is 70.0 Å². The molecule has 7 heteroatoms. The van der Waals surface area contributed by atoms with Crippen LogP contribution in [0.2, 0.25) is 0 Å². The number of hydrogen-bond donors (Lipinski definition) is 1. The number of amides is 1. The van der Waals surface area contributed by atoms with E-state index in [1.165, 1.54) is 0 Å². The van der Waals surface area contributed by atoms with Gasteiger partial charge in [0.2, 0.25) is 5.91 Å². The van der Waals surface area contributed by atoms with Gasteiger partial charge in [-0.15, -0.1) is 0 Å². The van der Waals surface area contributed by atoms with E-state index < -0.39 is 15.9 Å². The number of aryl methyl sites for hydroxylation is 4. The van der Waals surface area contributed by atoms with E-state index >= 15 is 0 Å². The third-order valence-corrected chi connectivity index (χ3v) is 7.22. The number of anilines is 2. The van der Waals surface area contributed by atoms with Crippen LogP contribution >= 0.6 is 15.9 Å².